The van der Waals surface area contributed by atoms with Gasteiger partial charge in [0.1, 0.15) is 4.88 Å². The standard InChI is InChI=1S/C14H20N2O3S/c1-9(17)12-11(13(18)19-3)15-14(20-12)16(2)10-7-5-4-6-8-10/h10H,4-8H2,1-3H3. The van der Waals surface area contributed by atoms with Gasteiger partial charge in [-0.15, -0.1) is 0 Å². The summed E-state index contributed by atoms with van der Waals surface area (Å²) in [5, 5.41) is 0.725. The van der Waals surface area contributed by atoms with Crippen LogP contribution in [0.25, 0.3) is 0 Å². The van der Waals surface area contributed by atoms with Crippen LogP contribution in [0.15, 0.2) is 0 Å². The molecule has 0 radical (unpaired) electrons. The number of esters is 1. The summed E-state index contributed by atoms with van der Waals surface area (Å²) in [6.45, 7) is 1.45. The van der Waals surface area contributed by atoms with E-state index in [4.69, 9.17) is 4.74 Å². The van der Waals surface area contributed by atoms with Crippen molar-refractivity contribution in [1.29, 1.82) is 0 Å². The first-order valence-electron chi connectivity index (χ1n) is 6.87. The minimum Gasteiger partial charge on any atom is -0.464 e. The van der Waals surface area contributed by atoms with E-state index in [-0.39, 0.29) is 11.5 Å². The molecule has 0 bridgehead atoms. The molecular weight excluding hydrogens is 276 g/mol. The summed E-state index contributed by atoms with van der Waals surface area (Å²) in [5.74, 6) is -0.694. The third-order valence-corrected chi connectivity index (χ3v) is 4.99. The number of carbonyl (C=O) groups is 2. The Morgan fingerprint density at radius 2 is 1.95 bits per heavy atom. The fourth-order valence-electron chi connectivity index (χ4n) is 2.56. The molecule has 1 aliphatic carbocycles. The Morgan fingerprint density at radius 1 is 1.30 bits per heavy atom. The summed E-state index contributed by atoms with van der Waals surface area (Å²) in [6, 6.07) is 0.445. The Morgan fingerprint density at radius 3 is 2.50 bits per heavy atom. The number of ketones is 1. The molecule has 1 fully saturated rings. The van der Waals surface area contributed by atoms with Gasteiger partial charge in [0, 0.05) is 20.0 Å². The van der Waals surface area contributed by atoms with Gasteiger partial charge in [0.15, 0.2) is 16.6 Å². The summed E-state index contributed by atoms with van der Waals surface area (Å²) in [6.07, 6.45) is 6.01. The molecule has 1 aromatic heterocycles. The third-order valence-electron chi connectivity index (χ3n) is 3.74. The van der Waals surface area contributed by atoms with Crippen LogP contribution < -0.4 is 4.90 Å². The Balaban J connectivity index is 2.27. The number of anilines is 1. The third kappa shape index (κ3) is 3.00. The molecule has 0 aliphatic heterocycles. The van der Waals surface area contributed by atoms with Crippen molar-refractivity contribution in [3.8, 4) is 0 Å². The Kier molecular flexibility index (Phi) is 4.75. The number of rotatable bonds is 4. The number of ether oxygens (including phenoxy) is 1. The number of thiazole rings is 1. The van der Waals surface area contributed by atoms with Gasteiger partial charge in [0.25, 0.3) is 0 Å². The number of nitrogens with zero attached hydrogens (tertiary/aromatic N) is 2. The van der Waals surface area contributed by atoms with Crippen molar-refractivity contribution in [2.24, 2.45) is 0 Å². The van der Waals surface area contributed by atoms with Gasteiger partial charge in [0.2, 0.25) is 0 Å². The van der Waals surface area contributed by atoms with Crippen LogP contribution in [0.5, 0.6) is 0 Å². The Bertz CT molecular complexity index is 507. The van der Waals surface area contributed by atoms with E-state index in [9.17, 15) is 9.59 Å². The summed E-state index contributed by atoms with van der Waals surface area (Å²) >= 11 is 1.28. The molecule has 6 heteroatoms. The molecule has 0 aromatic carbocycles. The molecular formula is C14H20N2O3S. The number of hydrogen-bond acceptors (Lipinski definition) is 6. The highest BCUT2D eigenvalue weighted by atomic mass is 32.1. The molecule has 1 heterocycles. The van der Waals surface area contributed by atoms with Gasteiger partial charge >= 0.3 is 5.97 Å². The average Bonchev–Trinajstić information content (AvgIpc) is 2.92. The lowest BCUT2D eigenvalue weighted by Gasteiger charge is -2.30. The van der Waals surface area contributed by atoms with Crippen LogP contribution in [0.3, 0.4) is 0 Å². The van der Waals surface area contributed by atoms with Gasteiger partial charge in [-0.3, -0.25) is 4.79 Å². The Hall–Kier alpha value is -1.43. The first kappa shape index (κ1) is 15.0. The lowest BCUT2D eigenvalue weighted by Crippen LogP contribution is -2.33. The highest BCUT2D eigenvalue weighted by Crippen LogP contribution is 2.31. The summed E-state index contributed by atoms with van der Waals surface area (Å²) in [4.78, 5) is 30.2. The van der Waals surface area contributed by atoms with Crippen molar-refractivity contribution in [2.45, 2.75) is 45.1 Å². The lowest BCUT2D eigenvalue weighted by atomic mass is 9.95. The van der Waals surface area contributed by atoms with Crippen molar-refractivity contribution in [2.75, 3.05) is 19.1 Å². The van der Waals surface area contributed by atoms with E-state index in [1.54, 1.807) is 0 Å². The van der Waals surface area contributed by atoms with Crippen LogP contribution >= 0.6 is 11.3 Å². The van der Waals surface area contributed by atoms with Crippen molar-refractivity contribution in [3.05, 3.63) is 10.6 Å². The molecule has 110 valence electrons. The van der Waals surface area contributed by atoms with Crippen molar-refractivity contribution in [1.82, 2.24) is 4.98 Å². The van der Waals surface area contributed by atoms with Gasteiger partial charge < -0.3 is 9.64 Å². The first-order chi connectivity index (χ1) is 9.54. The average molecular weight is 296 g/mol. The number of carbonyl (C=O) groups excluding carboxylic acids is 2. The van der Waals surface area contributed by atoms with Crippen LogP contribution in [0.4, 0.5) is 5.13 Å². The van der Waals surface area contributed by atoms with E-state index in [1.165, 1.54) is 44.6 Å². The van der Waals surface area contributed by atoms with Crippen LogP contribution in [0, 0.1) is 0 Å². The zero-order valence-corrected chi connectivity index (χ0v) is 13.0. The van der Waals surface area contributed by atoms with Crippen molar-refractivity contribution >= 4 is 28.2 Å². The second-order valence-corrected chi connectivity index (χ2v) is 6.10. The van der Waals surface area contributed by atoms with Crippen LogP contribution in [-0.2, 0) is 4.74 Å². The maximum absolute atomic E-state index is 11.7. The number of aromatic nitrogens is 1. The molecule has 1 saturated carbocycles. The van der Waals surface area contributed by atoms with Gasteiger partial charge in [0.05, 0.1) is 7.11 Å². The van der Waals surface area contributed by atoms with Crippen LogP contribution in [0.2, 0.25) is 0 Å². The van der Waals surface area contributed by atoms with E-state index >= 15 is 0 Å². The summed E-state index contributed by atoms with van der Waals surface area (Å²) in [5.41, 5.74) is 0.141. The highest BCUT2D eigenvalue weighted by molar-refractivity contribution is 7.17. The zero-order chi connectivity index (χ0) is 14.7. The molecule has 0 spiro atoms. The summed E-state index contributed by atoms with van der Waals surface area (Å²) < 4.78 is 4.70. The fourth-order valence-corrected chi connectivity index (χ4v) is 3.54. The van der Waals surface area contributed by atoms with E-state index in [0.717, 1.165) is 18.0 Å². The Labute approximate surface area is 122 Å². The number of hydrogen-bond donors (Lipinski definition) is 0. The molecule has 1 aromatic rings. The van der Waals surface area contributed by atoms with Crippen molar-refractivity contribution in [3.63, 3.8) is 0 Å². The minimum absolute atomic E-state index is 0.141. The monoisotopic (exact) mass is 296 g/mol. The maximum atomic E-state index is 11.7. The molecule has 0 unspecified atom stereocenters. The molecule has 0 N–H and O–H groups in total. The topological polar surface area (TPSA) is 59.5 Å². The normalized spacial score (nSPS) is 15.9. The smallest absolute Gasteiger partial charge is 0.358 e. The predicted octanol–water partition coefficient (Wildman–Crippen LogP) is 2.90. The largest absolute Gasteiger partial charge is 0.464 e. The molecule has 0 amide bonds. The fraction of sp³-hybridized carbons (Fsp3) is 0.643. The number of Topliss-reactive ketones (excluding diaryl/α,β-unsaturated/α-hetero) is 1. The molecule has 1 aliphatic rings. The van der Waals surface area contributed by atoms with Gasteiger partial charge in [-0.05, 0) is 12.8 Å². The van der Waals surface area contributed by atoms with E-state index in [2.05, 4.69) is 9.88 Å². The van der Waals surface area contributed by atoms with E-state index in [1.807, 2.05) is 7.05 Å². The predicted molar refractivity (Wildman–Crippen MR) is 78.7 cm³/mol. The van der Waals surface area contributed by atoms with E-state index < -0.39 is 5.97 Å². The molecule has 20 heavy (non-hydrogen) atoms. The summed E-state index contributed by atoms with van der Waals surface area (Å²) in [7, 11) is 3.29. The lowest BCUT2D eigenvalue weighted by molar-refractivity contribution is 0.0591. The molecule has 0 saturated heterocycles. The molecule has 2 rings (SSSR count). The van der Waals surface area contributed by atoms with Gasteiger partial charge in [-0.2, -0.15) is 0 Å². The van der Waals surface area contributed by atoms with Gasteiger partial charge in [-0.25, -0.2) is 9.78 Å². The second kappa shape index (κ2) is 6.35. The van der Waals surface area contributed by atoms with Crippen LogP contribution in [-0.4, -0.2) is 36.9 Å². The minimum atomic E-state index is -0.547. The van der Waals surface area contributed by atoms with E-state index in [0.29, 0.717) is 10.9 Å². The number of methoxy groups -OCH3 is 1. The van der Waals surface area contributed by atoms with Gasteiger partial charge in [-0.1, -0.05) is 30.6 Å². The first-order valence-corrected chi connectivity index (χ1v) is 7.69. The zero-order valence-electron chi connectivity index (χ0n) is 12.1. The van der Waals surface area contributed by atoms with Crippen molar-refractivity contribution < 1.29 is 14.3 Å². The SMILES string of the molecule is COC(=O)c1nc(N(C)C2CCCCC2)sc1C(C)=O. The maximum Gasteiger partial charge on any atom is 0.358 e. The quantitative estimate of drug-likeness (QED) is 0.631. The highest BCUT2D eigenvalue weighted by Gasteiger charge is 2.26. The molecule has 0 atom stereocenters. The second-order valence-electron chi connectivity index (χ2n) is 5.12. The molecule has 5 nitrogen and oxygen atoms in total. The van der Waals surface area contributed by atoms with Crippen LogP contribution in [0.1, 0.15) is 59.2 Å².